The van der Waals surface area contributed by atoms with Gasteiger partial charge in [0.05, 0.1) is 0 Å². The van der Waals surface area contributed by atoms with Crippen molar-refractivity contribution in [3.8, 4) is 5.75 Å². The standard InChI is InChI=1S/C19H18F3NOS/c1-23(2)11-16(22)18(12-4-3-5-13(20)10-12)24-19-14-8-9-25-17(14)7-6-15(19)21/h3-10,16,18H,11H2,1-2H3/t16-,18-/m0/s1. The number of nitrogens with zero attached hydrogens (tertiary/aromatic N) is 1. The minimum absolute atomic E-state index is 0.00517. The highest BCUT2D eigenvalue weighted by Crippen LogP contribution is 2.36. The van der Waals surface area contributed by atoms with E-state index in [0.717, 1.165) is 4.70 Å². The van der Waals surface area contributed by atoms with Crippen molar-refractivity contribution in [1.29, 1.82) is 0 Å². The summed E-state index contributed by atoms with van der Waals surface area (Å²) in [4.78, 5) is 1.67. The molecule has 2 aromatic carbocycles. The molecule has 6 heteroatoms. The summed E-state index contributed by atoms with van der Waals surface area (Å²) in [5, 5.41) is 2.41. The van der Waals surface area contributed by atoms with E-state index in [1.807, 2.05) is 5.38 Å². The van der Waals surface area contributed by atoms with Gasteiger partial charge in [0.2, 0.25) is 0 Å². The number of thiophene rings is 1. The number of benzene rings is 2. The molecule has 1 aromatic heterocycles. The van der Waals surface area contributed by atoms with Crippen LogP contribution in [0.1, 0.15) is 11.7 Å². The molecular formula is C19H18F3NOS. The average Bonchev–Trinajstić information content (AvgIpc) is 3.02. The van der Waals surface area contributed by atoms with Gasteiger partial charge in [0.1, 0.15) is 5.82 Å². The Bertz CT molecular complexity index is 865. The average molecular weight is 365 g/mol. The van der Waals surface area contributed by atoms with E-state index in [2.05, 4.69) is 0 Å². The van der Waals surface area contributed by atoms with Crippen LogP contribution in [-0.4, -0.2) is 31.7 Å². The van der Waals surface area contributed by atoms with Gasteiger partial charge in [-0.25, -0.2) is 13.2 Å². The molecule has 132 valence electrons. The maximum Gasteiger partial charge on any atom is 0.165 e. The van der Waals surface area contributed by atoms with Crippen LogP contribution in [0.25, 0.3) is 10.1 Å². The van der Waals surface area contributed by atoms with Crippen molar-refractivity contribution in [2.75, 3.05) is 20.6 Å². The van der Waals surface area contributed by atoms with Gasteiger partial charge in [0.25, 0.3) is 0 Å². The summed E-state index contributed by atoms with van der Waals surface area (Å²) in [7, 11) is 3.46. The first-order valence-corrected chi connectivity index (χ1v) is 8.70. The van der Waals surface area contributed by atoms with Gasteiger partial charge in [0, 0.05) is 16.6 Å². The first kappa shape index (κ1) is 17.8. The third kappa shape index (κ3) is 3.96. The smallest absolute Gasteiger partial charge is 0.165 e. The third-order valence-electron chi connectivity index (χ3n) is 3.83. The zero-order valence-corrected chi connectivity index (χ0v) is 14.7. The Hall–Kier alpha value is -2.05. The Morgan fingerprint density at radius 1 is 1.12 bits per heavy atom. The minimum Gasteiger partial charge on any atom is -0.479 e. The highest BCUT2D eigenvalue weighted by molar-refractivity contribution is 7.17. The summed E-state index contributed by atoms with van der Waals surface area (Å²) in [5.74, 6) is -1.06. The molecule has 3 rings (SSSR count). The fraction of sp³-hybridized carbons (Fsp3) is 0.263. The zero-order valence-electron chi connectivity index (χ0n) is 13.9. The summed E-state index contributed by atoms with van der Waals surface area (Å²) in [5.41, 5.74) is 0.334. The lowest BCUT2D eigenvalue weighted by atomic mass is 10.0. The highest BCUT2D eigenvalue weighted by atomic mass is 32.1. The minimum atomic E-state index is -1.45. The van der Waals surface area contributed by atoms with Crippen LogP contribution in [0.2, 0.25) is 0 Å². The van der Waals surface area contributed by atoms with Crippen LogP contribution < -0.4 is 4.74 Å². The molecule has 0 fully saturated rings. The van der Waals surface area contributed by atoms with Crippen molar-refractivity contribution in [2.24, 2.45) is 0 Å². The lowest BCUT2D eigenvalue weighted by Gasteiger charge is -2.25. The molecule has 0 unspecified atom stereocenters. The lowest BCUT2D eigenvalue weighted by Crippen LogP contribution is -2.31. The topological polar surface area (TPSA) is 12.5 Å². The molecule has 0 saturated heterocycles. The van der Waals surface area contributed by atoms with Crippen LogP contribution in [0.5, 0.6) is 5.75 Å². The third-order valence-corrected chi connectivity index (χ3v) is 4.71. The van der Waals surface area contributed by atoms with E-state index >= 15 is 0 Å². The highest BCUT2D eigenvalue weighted by Gasteiger charge is 2.28. The maximum absolute atomic E-state index is 14.9. The number of hydrogen-bond acceptors (Lipinski definition) is 3. The van der Waals surface area contributed by atoms with Gasteiger partial charge in [-0.15, -0.1) is 11.3 Å². The Morgan fingerprint density at radius 3 is 2.64 bits per heavy atom. The van der Waals surface area contributed by atoms with Crippen LogP contribution in [0.3, 0.4) is 0 Å². The Labute approximate surface area is 148 Å². The first-order chi connectivity index (χ1) is 12.0. The van der Waals surface area contributed by atoms with Gasteiger partial charge in [-0.05, 0) is 55.4 Å². The van der Waals surface area contributed by atoms with E-state index in [9.17, 15) is 13.2 Å². The molecule has 3 aromatic rings. The molecule has 0 aliphatic carbocycles. The fourth-order valence-electron chi connectivity index (χ4n) is 2.72. The van der Waals surface area contributed by atoms with Crippen LogP contribution in [0.4, 0.5) is 13.2 Å². The lowest BCUT2D eigenvalue weighted by molar-refractivity contribution is 0.0785. The molecule has 2 atom stereocenters. The van der Waals surface area contributed by atoms with E-state index in [0.29, 0.717) is 10.9 Å². The summed E-state index contributed by atoms with van der Waals surface area (Å²) in [6, 6.07) is 10.3. The molecule has 2 nitrogen and oxygen atoms in total. The van der Waals surface area contributed by atoms with Gasteiger partial charge in [-0.1, -0.05) is 12.1 Å². The predicted molar refractivity (Wildman–Crippen MR) is 95.0 cm³/mol. The molecule has 0 saturated carbocycles. The summed E-state index contributed by atoms with van der Waals surface area (Å²) in [6.45, 7) is 0.0718. The maximum atomic E-state index is 14.9. The van der Waals surface area contributed by atoms with Crippen LogP contribution in [0, 0.1) is 11.6 Å². The first-order valence-electron chi connectivity index (χ1n) is 7.82. The monoisotopic (exact) mass is 365 g/mol. The van der Waals surface area contributed by atoms with Crippen LogP contribution in [0.15, 0.2) is 47.8 Å². The predicted octanol–water partition coefficient (Wildman–Crippen LogP) is 5.20. The molecule has 0 N–H and O–H groups in total. The van der Waals surface area contributed by atoms with Crippen LogP contribution >= 0.6 is 11.3 Å². The second-order valence-corrected chi connectivity index (χ2v) is 7.03. The molecule has 0 radical (unpaired) electrons. The molecule has 0 spiro atoms. The number of alkyl halides is 1. The van der Waals surface area contributed by atoms with Crippen molar-refractivity contribution in [3.05, 3.63) is 65.0 Å². The van der Waals surface area contributed by atoms with Crippen molar-refractivity contribution < 1.29 is 17.9 Å². The second-order valence-electron chi connectivity index (χ2n) is 6.08. The van der Waals surface area contributed by atoms with Gasteiger partial charge < -0.3 is 9.64 Å². The number of hydrogen-bond donors (Lipinski definition) is 0. The largest absolute Gasteiger partial charge is 0.479 e. The van der Waals surface area contributed by atoms with Gasteiger partial charge in [-0.3, -0.25) is 0 Å². The van der Waals surface area contributed by atoms with Crippen LogP contribution in [-0.2, 0) is 0 Å². The van der Waals surface area contributed by atoms with Gasteiger partial charge in [0.15, 0.2) is 23.8 Å². The van der Waals surface area contributed by atoms with E-state index in [4.69, 9.17) is 4.74 Å². The normalized spacial score (nSPS) is 14.0. The van der Waals surface area contributed by atoms with E-state index in [-0.39, 0.29) is 12.3 Å². The number of fused-ring (bicyclic) bond motifs is 1. The SMILES string of the molecule is CN(C)C[C@H](F)[C@@H](Oc1c(F)ccc2sccc12)c1cccc(F)c1. The molecule has 0 aliphatic heterocycles. The van der Waals surface area contributed by atoms with E-state index < -0.39 is 23.9 Å². The second kappa shape index (κ2) is 7.45. The molecular weight excluding hydrogens is 347 g/mol. The van der Waals surface area contributed by atoms with Crippen molar-refractivity contribution >= 4 is 21.4 Å². The van der Waals surface area contributed by atoms with Gasteiger partial charge in [-0.2, -0.15) is 0 Å². The Morgan fingerprint density at radius 2 is 1.92 bits per heavy atom. The Balaban J connectivity index is 2.02. The quantitative estimate of drug-likeness (QED) is 0.595. The summed E-state index contributed by atoms with van der Waals surface area (Å²) >= 11 is 1.45. The number of halogens is 3. The number of ether oxygens (including phenoxy) is 1. The van der Waals surface area contributed by atoms with Gasteiger partial charge >= 0.3 is 0 Å². The van der Waals surface area contributed by atoms with Crippen molar-refractivity contribution in [2.45, 2.75) is 12.3 Å². The number of rotatable bonds is 6. The Kier molecular flexibility index (Phi) is 5.30. The fourth-order valence-corrected chi connectivity index (χ4v) is 3.50. The van der Waals surface area contributed by atoms with E-state index in [1.54, 1.807) is 37.2 Å². The van der Waals surface area contributed by atoms with Crippen molar-refractivity contribution in [1.82, 2.24) is 4.90 Å². The summed E-state index contributed by atoms with van der Waals surface area (Å²) in [6.07, 6.45) is -2.57. The summed E-state index contributed by atoms with van der Waals surface area (Å²) < 4.78 is 49.5. The van der Waals surface area contributed by atoms with E-state index in [1.165, 1.54) is 35.6 Å². The molecule has 0 bridgehead atoms. The molecule has 25 heavy (non-hydrogen) atoms. The molecule has 0 aliphatic rings. The zero-order chi connectivity index (χ0) is 18.0. The van der Waals surface area contributed by atoms with Crippen molar-refractivity contribution in [3.63, 3.8) is 0 Å². The molecule has 0 amide bonds. The molecule has 1 heterocycles.